The Morgan fingerprint density at radius 1 is 0.615 bits per heavy atom. The number of nitro benzene ring substituents is 2. The van der Waals surface area contributed by atoms with Crippen molar-refractivity contribution in [1.29, 1.82) is 0 Å². The lowest BCUT2D eigenvalue weighted by atomic mass is 9.76. The number of rotatable bonds is 10. The molecule has 0 bridgehead atoms. The van der Waals surface area contributed by atoms with Crippen molar-refractivity contribution in [1.82, 2.24) is 9.44 Å². The first-order valence-corrected chi connectivity index (χ1v) is 15.9. The topological polar surface area (TPSA) is 179 Å². The second-order valence-corrected chi connectivity index (χ2v) is 13.7. The van der Waals surface area contributed by atoms with Crippen LogP contribution >= 0.6 is 0 Å². The average molecular weight is 581 g/mol. The fourth-order valence-corrected chi connectivity index (χ4v) is 8.69. The fraction of sp³-hybridized carbons (Fsp3) is 0.520. The molecule has 2 N–H and O–H groups in total. The molecule has 0 aromatic heterocycles. The molecule has 2 aromatic rings. The fourth-order valence-electron chi connectivity index (χ4n) is 5.74. The van der Waals surface area contributed by atoms with Crippen molar-refractivity contribution in [2.75, 3.05) is 0 Å². The molecule has 2 aliphatic rings. The lowest BCUT2D eigenvalue weighted by Gasteiger charge is -2.34. The van der Waals surface area contributed by atoms with E-state index in [1.807, 2.05) is 0 Å². The third-order valence-corrected chi connectivity index (χ3v) is 10.8. The molecule has 2 saturated carbocycles. The van der Waals surface area contributed by atoms with Crippen LogP contribution in [-0.4, -0.2) is 38.8 Å². The lowest BCUT2D eigenvalue weighted by molar-refractivity contribution is -0.388. The maximum absolute atomic E-state index is 12.8. The number of hydrogen-bond donors (Lipinski definition) is 2. The molecule has 0 aliphatic heterocycles. The maximum atomic E-state index is 12.8. The van der Waals surface area contributed by atoms with Crippen LogP contribution in [0.2, 0.25) is 0 Å². The van der Waals surface area contributed by atoms with Gasteiger partial charge in [0.15, 0.2) is 9.79 Å². The highest BCUT2D eigenvalue weighted by Gasteiger charge is 2.33. The third-order valence-electron chi connectivity index (χ3n) is 7.71. The number of nitrogens with zero attached hydrogens (tertiary/aromatic N) is 2. The van der Waals surface area contributed by atoms with E-state index in [2.05, 4.69) is 9.44 Å². The van der Waals surface area contributed by atoms with Gasteiger partial charge in [0.25, 0.3) is 11.4 Å². The molecule has 0 spiro atoms. The van der Waals surface area contributed by atoms with E-state index in [9.17, 15) is 37.1 Å². The maximum Gasteiger partial charge on any atom is 0.289 e. The largest absolute Gasteiger partial charge is 0.289 e. The van der Waals surface area contributed by atoms with Gasteiger partial charge in [-0.2, -0.15) is 0 Å². The van der Waals surface area contributed by atoms with Gasteiger partial charge in [0.2, 0.25) is 20.0 Å². The average Bonchev–Trinajstić information content (AvgIpc) is 2.90. The quantitative estimate of drug-likeness (QED) is 0.309. The van der Waals surface area contributed by atoms with E-state index in [1.54, 1.807) is 0 Å². The van der Waals surface area contributed by atoms with Crippen molar-refractivity contribution in [3.05, 3.63) is 68.8 Å². The van der Waals surface area contributed by atoms with Gasteiger partial charge in [-0.05, 0) is 81.8 Å². The van der Waals surface area contributed by atoms with Crippen molar-refractivity contribution in [2.45, 2.75) is 79.7 Å². The Labute approximate surface area is 227 Å². The predicted octanol–water partition coefficient (Wildman–Crippen LogP) is 4.27. The summed E-state index contributed by atoms with van der Waals surface area (Å²) in [4.78, 5) is 20.4. The molecule has 0 atom stereocenters. The normalized spacial score (nSPS) is 24.2. The van der Waals surface area contributed by atoms with Crippen molar-refractivity contribution < 1.29 is 26.7 Å². The summed E-state index contributed by atoms with van der Waals surface area (Å²) in [5.74, 6) is 0.865. The molecule has 0 heterocycles. The van der Waals surface area contributed by atoms with E-state index in [0.29, 0.717) is 37.5 Å². The molecular formula is C25H32N4O8S2. The van der Waals surface area contributed by atoms with Crippen LogP contribution in [0.4, 0.5) is 11.4 Å². The standard InChI is InChI=1S/C25H32N4O8S2/c30-28(31)22-5-1-3-7-24(22)38(34,35)26-20-13-9-18(10-14-20)17-19-11-15-21(16-12-19)27-39(36,37)25-8-4-2-6-23(25)29(32)33/h1-8,18-21,26-27H,9-17H2. The third kappa shape index (κ3) is 7.18. The van der Waals surface area contributed by atoms with Crippen molar-refractivity contribution >= 4 is 31.4 Å². The second-order valence-electron chi connectivity index (χ2n) is 10.4. The van der Waals surface area contributed by atoms with Gasteiger partial charge < -0.3 is 0 Å². The highest BCUT2D eigenvalue weighted by molar-refractivity contribution is 7.90. The first-order chi connectivity index (χ1) is 18.5. The molecule has 39 heavy (non-hydrogen) atoms. The molecule has 0 saturated heterocycles. The van der Waals surface area contributed by atoms with Gasteiger partial charge in [-0.25, -0.2) is 26.3 Å². The Morgan fingerprint density at radius 3 is 1.28 bits per heavy atom. The minimum absolute atomic E-state index is 0.279. The first-order valence-electron chi connectivity index (χ1n) is 13.0. The summed E-state index contributed by atoms with van der Waals surface area (Å²) < 4.78 is 56.5. The van der Waals surface area contributed by atoms with Gasteiger partial charge >= 0.3 is 0 Å². The molecule has 0 unspecified atom stereocenters. The van der Waals surface area contributed by atoms with Crippen LogP contribution in [0.25, 0.3) is 0 Å². The van der Waals surface area contributed by atoms with Gasteiger partial charge in [-0.3, -0.25) is 20.2 Å². The van der Waals surface area contributed by atoms with Gasteiger partial charge in [0, 0.05) is 24.2 Å². The van der Waals surface area contributed by atoms with Crippen LogP contribution in [0.3, 0.4) is 0 Å². The number of benzene rings is 2. The predicted molar refractivity (Wildman–Crippen MR) is 143 cm³/mol. The smallest absolute Gasteiger partial charge is 0.258 e. The summed E-state index contributed by atoms with van der Waals surface area (Å²) in [5.41, 5.74) is -0.892. The molecule has 2 fully saturated rings. The molecule has 2 aromatic carbocycles. The summed E-state index contributed by atoms with van der Waals surface area (Å²) in [6, 6.07) is 10.1. The molecule has 0 amide bonds. The first kappa shape index (κ1) is 29.1. The molecule has 0 radical (unpaired) electrons. The van der Waals surface area contributed by atoms with Crippen LogP contribution < -0.4 is 9.44 Å². The zero-order chi connectivity index (χ0) is 28.2. The monoisotopic (exact) mass is 580 g/mol. The number of hydrogen-bond acceptors (Lipinski definition) is 8. The Hall–Kier alpha value is -2.94. The Balaban J connectivity index is 1.24. The van der Waals surface area contributed by atoms with E-state index in [4.69, 9.17) is 0 Å². The van der Waals surface area contributed by atoms with Crippen molar-refractivity contribution in [2.24, 2.45) is 11.8 Å². The Kier molecular flexibility index (Phi) is 8.99. The van der Waals surface area contributed by atoms with E-state index >= 15 is 0 Å². The molecular weight excluding hydrogens is 548 g/mol. The summed E-state index contributed by atoms with van der Waals surface area (Å²) in [5, 5.41) is 22.5. The van der Waals surface area contributed by atoms with E-state index in [1.165, 1.54) is 48.5 Å². The molecule has 14 heteroatoms. The van der Waals surface area contributed by atoms with Crippen LogP contribution in [0.5, 0.6) is 0 Å². The van der Waals surface area contributed by atoms with Crippen molar-refractivity contribution in [3.63, 3.8) is 0 Å². The summed E-state index contributed by atoms with van der Waals surface area (Å²) in [6.45, 7) is 0. The van der Waals surface area contributed by atoms with Gasteiger partial charge in [-0.1, -0.05) is 24.3 Å². The molecule has 2 aliphatic carbocycles. The van der Waals surface area contributed by atoms with E-state index in [-0.39, 0.29) is 21.9 Å². The summed E-state index contributed by atoms with van der Waals surface area (Å²) in [6.07, 6.45) is 6.94. The minimum atomic E-state index is -4.01. The number of nitro groups is 2. The van der Waals surface area contributed by atoms with Crippen LogP contribution in [0.15, 0.2) is 58.3 Å². The highest BCUT2D eigenvalue weighted by atomic mass is 32.2. The van der Waals surface area contributed by atoms with Gasteiger partial charge in [0.05, 0.1) is 9.85 Å². The zero-order valence-corrected chi connectivity index (χ0v) is 22.9. The Morgan fingerprint density at radius 2 is 0.949 bits per heavy atom. The van der Waals surface area contributed by atoms with Crippen molar-refractivity contribution in [3.8, 4) is 0 Å². The second kappa shape index (κ2) is 12.1. The van der Waals surface area contributed by atoms with Crippen LogP contribution in [0.1, 0.15) is 57.8 Å². The SMILES string of the molecule is O=[N+]([O-])c1ccccc1S(=O)(=O)NC1CCC(CC2CCC(NS(=O)(=O)c3ccccc3[N+](=O)[O-])CC2)CC1. The summed E-state index contributed by atoms with van der Waals surface area (Å²) in [7, 11) is -8.03. The Bertz CT molecular complexity index is 1310. The molecule has 4 rings (SSSR count). The lowest BCUT2D eigenvalue weighted by Crippen LogP contribution is -2.39. The number of sulfonamides is 2. The zero-order valence-electron chi connectivity index (χ0n) is 21.3. The molecule has 212 valence electrons. The van der Waals surface area contributed by atoms with Crippen LogP contribution in [0, 0.1) is 32.1 Å². The molecule has 12 nitrogen and oxygen atoms in total. The number of para-hydroxylation sites is 2. The number of nitrogens with one attached hydrogen (secondary N) is 2. The van der Waals surface area contributed by atoms with Gasteiger partial charge in [0.1, 0.15) is 0 Å². The van der Waals surface area contributed by atoms with E-state index < -0.39 is 41.3 Å². The highest BCUT2D eigenvalue weighted by Crippen LogP contribution is 2.36. The van der Waals surface area contributed by atoms with Gasteiger partial charge in [-0.15, -0.1) is 0 Å². The summed E-state index contributed by atoms with van der Waals surface area (Å²) >= 11 is 0. The van der Waals surface area contributed by atoms with Crippen LogP contribution in [-0.2, 0) is 20.0 Å². The minimum Gasteiger partial charge on any atom is -0.258 e. The van der Waals surface area contributed by atoms with E-state index in [0.717, 1.165) is 32.1 Å².